The summed E-state index contributed by atoms with van der Waals surface area (Å²) in [6.45, 7) is 0.743. The van der Waals surface area contributed by atoms with Gasteiger partial charge in [-0.2, -0.15) is 0 Å². The lowest BCUT2D eigenvalue weighted by molar-refractivity contribution is 0.0955. The Morgan fingerprint density at radius 3 is 3.23 bits per heavy atom. The van der Waals surface area contributed by atoms with E-state index in [4.69, 9.17) is 0 Å². The van der Waals surface area contributed by atoms with E-state index >= 15 is 0 Å². The molecule has 1 aliphatic heterocycles. The van der Waals surface area contributed by atoms with Crippen LogP contribution >= 0.6 is 15.9 Å². The van der Waals surface area contributed by atoms with Crippen LogP contribution in [-0.2, 0) is 6.42 Å². The molecule has 4 heteroatoms. The highest BCUT2D eigenvalue weighted by Crippen LogP contribution is 2.16. The number of hydrogen-bond acceptors (Lipinski definition) is 2. The number of nitrogens with zero attached hydrogens (tertiary/aromatic N) is 1. The Morgan fingerprint density at radius 2 is 2.38 bits per heavy atom. The maximum absolute atomic E-state index is 11.5. The zero-order valence-corrected chi connectivity index (χ0v) is 8.60. The van der Waals surface area contributed by atoms with E-state index in [0.717, 1.165) is 29.6 Å². The van der Waals surface area contributed by atoms with Gasteiger partial charge < -0.3 is 5.32 Å². The topological polar surface area (TPSA) is 42.0 Å². The zero-order valence-electron chi connectivity index (χ0n) is 7.01. The number of amides is 1. The van der Waals surface area contributed by atoms with E-state index in [0.29, 0.717) is 5.56 Å². The Balaban J connectivity index is 2.49. The fourth-order valence-corrected chi connectivity index (χ4v) is 1.75. The molecule has 0 aliphatic carbocycles. The Hall–Kier alpha value is -0.900. The van der Waals surface area contributed by atoms with Crippen LogP contribution in [0, 0.1) is 0 Å². The number of nitrogens with one attached hydrogen (secondary N) is 1. The van der Waals surface area contributed by atoms with Gasteiger partial charge in [0.1, 0.15) is 0 Å². The van der Waals surface area contributed by atoms with Gasteiger partial charge in [0, 0.05) is 17.2 Å². The molecule has 2 rings (SSSR count). The number of aryl methyl sites for hydroxylation is 1. The number of carbonyl (C=O) groups excluding carboxylic acids is 1. The molecule has 68 valence electrons. The van der Waals surface area contributed by atoms with Crippen LogP contribution in [0.25, 0.3) is 0 Å². The monoisotopic (exact) mass is 240 g/mol. The van der Waals surface area contributed by atoms with Gasteiger partial charge in [0.25, 0.3) is 5.91 Å². The molecular formula is C9H9BrN2O. The van der Waals surface area contributed by atoms with E-state index in [1.807, 2.05) is 6.07 Å². The van der Waals surface area contributed by atoms with Crippen molar-refractivity contribution in [2.45, 2.75) is 12.8 Å². The summed E-state index contributed by atoms with van der Waals surface area (Å²) in [4.78, 5) is 15.7. The number of hydrogen-bond donors (Lipinski definition) is 1. The molecule has 0 spiro atoms. The number of fused-ring (bicyclic) bond motifs is 1. The van der Waals surface area contributed by atoms with Gasteiger partial charge in [-0.3, -0.25) is 9.78 Å². The van der Waals surface area contributed by atoms with E-state index in [9.17, 15) is 4.79 Å². The summed E-state index contributed by atoms with van der Waals surface area (Å²) in [5.74, 6) is -0.0127. The Labute approximate surface area is 84.7 Å². The van der Waals surface area contributed by atoms with Gasteiger partial charge in [-0.05, 0) is 34.8 Å². The molecule has 0 radical (unpaired) electrons. The third-order valence-electron chi connectivity index (χ3n) is 2.06. The Morgan fingerprint density at radius 1 is 1.54 bits per heavy atom. The number of aromatic nitrogens is 1. The standard InChI is InChI=1S/C9H9BrN2O/c10-6-4-7-8(12-5-6)2-1-3-11-9(7)13/h4-5H,1-3H2,(H,11,13). The highest BCUT2D eigenvalue weighted by Gasteiger charge is 2.15. The van der Waals surface area contributed by atoms with Crippen molar-refractivity contribution in [2.75, 3.05) is 6.54 Å². The van der Waals surface area contributed by atoms with Crippen molar-refractivity contribution in [1.29, 1.82) is 0 Å². The number of carbonyl (C=O) groups is 1. The average molecular weight is 241 g/mol. The highest BCUT2D eigenvalue weighted by atomic mass is 79.9. The molecule has 0 fully saturated rings. The van der Waals surface area contributed by atoms with E-state index in [1.165, 1.54) is 0 Å². The van der Waals surface area contributed by atoms with Crippen molar-refractivity contribution in [2.24, 2.45) is 0 Å². The maximum atomic E-state index is 11.5. The lowest BCUT2D eigenvalue weighted by Gasteiger charge is -2.02. The van der Waals surface area contributed by atoms with Gasteiger partial charge in [0.2, 0.25) is 0 Å². The molecular weight excluding hydrogens is 232 g/mol. The minimum atomic E-state index is -0.0127. The molecule has 1 amide bonds. The van der Waals surface area contributed by atoms with Crippen molar-refractivity contribution in [1.82, 2.24) is 10.3 Å². The van der Waals surface area contributed by atoms with Crippen LogP contribution in [-0.4, -0.2) is 17.4 Å². The van der Waals surface area contributed by atoms with Crippen LogP contribution < -0.4 is 5.32 Å². The number of halogens is 1. The number of rotatable bonds is 0. The summed E-state index contributed by atoms with van der Waals surface area (Å²) in [6, 6.07) is 1.82. The highest BCUT2D eigenvalue weighted by molar-refractivity contribution is 9.10. The van der Waals surface area contributed by atoms with Gasteiger partial charge in [0.05, 0.1) is 11.3 Å². The van der Waals surface area contributed by atoms with Crippen LogP contribution in [0.2, 0.25) is 0 Å². The first-order chi connectivity index (χ1) is 6.27. The molecule has 0 bridgehead atoms. The Kier molecular flexibility index (Phi) is 2.31. The van der Waals surface area contributed by atoms with Crippen LogP contribution in [0.1, 0.15) is 22.5 Å². The quantitative estimate of drug-likeness (QED) is 0.748. The summed E-state index contributed by atoms with van der Waals surface area (Å²) < 4.78 is 0.850. The third-order valence-corrected chi connectivity index (χ3v) is 2.49. The molecule has 0 unspecified atom stereocenters. The first kappa shape index (κ1) is 8.69. The van der Waals surface area contributed by atoms with Gasteiger partial charge in [-0.25, -0.2) is 0 Å². The maximum Gasteiger partial charge on any atom is 0.253 e. The van der Waals surface area contributed by atoms with Crippen molar-refractivity contribution in [3.63, 3.8) is 0 Å². The average Bonchev–Trinajstić information content (AvgIpc) is 2.29. The van der Waals surface area contributed by atoms with Crippen LogP contribution in [0.15, 0.2) is 16.7 Å². The van der Waals surface area contributed by atoms with E-state index in [1.54, 1.807) is 6.20 Å². The normalized spacial score (nSPS) is 15.9. The van der Waals surface area contributed by atoms with Crippen LogP contribution in [0.3, 0.4) is 0 Å². The first-order valence-corrected chi connectivity index (χ1v) is 4.99. The predicted molar refractivity (Wildman–Crippen MR) is 52.6 cm³/mol. The largest absolute Gasteiger partial charge is 0.352 e. The predicted octanol–water partition coefficient (Wildman–Crippen LogP) is 1.52. The summed E-state index contributed by atoms with van der Waals surface area (Å²) in [5.41, 5.74) is 1.60. The molecule has 1 aliphatic rings. The van der Waals surface area contributed by atoms with Gasteiger partial charge in [-0.1, -0.05) is 0 Å². The van der Waals surface area contributed by atoms with Crippen molar-refractivity contribution >= 4 is 21.8 Å². The zero-order chi connectivity index (χ0) is 9.26. The minimum absolute atomic E-state index is 0.0127. The minimum Gasteiger partial charge on any atom is -0.352 e. The molecule has 3 nitrogen and oxygen atoms in total. The molecule has 0 aromatic carbocycles. The van der Waals surface area contributed by atoms with Crippen molar-refractivity contribution < 1.29 is 4.79 Å². The molecule has 1 aromatic rings. The second-order valence-corrected chi connectivity index (χ2v) is 3.92. The van der Waals surface area contributed by atoms with Crippen LogP contribution in [0.4, 0.5) is 0 Å². The second-order valence-electron chi connectivity index (χ2n) is 3.01. The smallest absolute Gasteiger partial charge is 0.253 e. The van der Waals surface area contributed by atoms with E-state index in [2.05, 4.69) is 26.2 Å². The molecule has 13 heavy (non-hydrogen) atoms. The van der Waals surface area contributed by atoms with Crippen LogP contribution in [0.5, 0.6) is 0 Å². The first-order valence-electron chi connectivity index (χ1n) is 4.20. The Bertz CT molecular complexity index is 351. The summed E-state index contributed by atoms with van der Waals surface area (Å²) in [5, 5.41) is 2.83. The number of pyridine rings is 1. The molecule has 1 aromatic heterocycles. The van der Waals surface area contributed by atoms with E-state index < -0.39 is 0 Å². The van der Waals surface area contributed by atoms with Crippen molar-refractivity contribution in [3.8, 4) is 0 Å². The fourth-order valence-electron chi connectivity index (χ4n) is 1.42. The molecule has 0 saturated heterocycles. The molecule has 0 saturated carbocycles. The van der Waals surface area contributed by atoms with Gasteiger partial charge in [0.15, 0.2) is 0 Å². The lowest BCUT2D eigenvalue weighted by Crippen LogP contribution is -2.22. The summed E-state index contributed by atoms with van der Waals surface area (Å²) >= 11 is 3.30. The summed E-state index contributed by atoms with van der Waals surface area (Å²) in [7, 11) is 0. The summed E-state index contributed by atoms with van der Waals surface area (Å²) in [6.07, 6.45) is 3.58. The fraction of sp³-hybridized carbons (Fsp3) is 0.333. The van der Waals surface area contributed by atoms with Gasteiger partial charge in [-0.15, -0.1) is 0 Å². The van der Waals surface area contributed by atoms with E-state index in [-0.39, 0.29) is 5.91 Å². The van der Waals surface area contributed by atoms with Gasteiger partial charge >= 0.3 is 0 Å². The SMILES string of the molecule is O=C1NCCCc2ncc(Br)cc21. The molecule has 2 heterocycles. The third kappa shape index (κ3) is 1.72. The second kappa shape index (κ2) is 3.46. The van der Waals surface area contributed by atoms with Crippen molar-refractivity contribution in [3.05, 3.63) is 28.0 Å². The molecule has 1 N–H and O–H groups in total. The molecule has 0 atom stereocenters. The lowest BCUT2D eigenvalue weighted by atomic mass is 10.1.